The quantitative estimate of drug-likeness (QED) is 0.220. The summed E-state index contributed by atoms with van der Waals surface area (Å²) in [5.41, 5.74) is 0.646. The van der Waals surface area contributed by atoms with E-state index in [-0.39, 0.29) is 39.8 Å². The summed E-state index contributed by atoms with van der Waals surface area (Å²) < 4.78 is 34.6. The normalized spacial score (nSPS) is 14.5. The Hall–Kier alpha value is -2.98. The molecule has 1 atom stereocenters. The highest BCUT2D eigenvalue weighted by Gasteiger charge is 2.35. The number of halogens is 3. The molecule has 1 fully saturated rings. The van der Waals surface area contributed by atoms with E-state index in [2.05, 4.69) is 5.32 Å². The minimum Gasteiger partial charge on any atom is -0.495 e. The molecule has 0 aliphatic heterocycles. The number of amides is 2. The molecule has 236 valence electrons. The molecular weight excluding hydrogens is 645 g/mol. The lowest BCUT2D eigenvalue weighted by atomic mass is 9.95. The van der Waals surface area contributed by atoms with Crippen LogP contribution in [0.4, 0.5) is 5.69 Å². The zero-order valence-corrected chi connectivity index (χ0v) is 27.7. The van der Waals surface area contributed by atoms with Crippen LogP contribution in [0.1, 0.15) is 51.0 Å². The third kappa shape index (κ3) is 8.18. The summed E-state index contributed by atoms with van der Waals surface area (Å²) in [5.74, 6) is -0.699. The number of sulfonamides is 1. The van der Waals surface area contributed by atoms with Gasteiger partial charge in [-0.1, -0.05) is 85.3 Å². The Morgan fingerprint density at radius 1 is 0.955 bits per heavy atom. The number of carbonyl (C=O) groups excluding carboxylic acids is 2. The zero-order valence-electron chi connectivity index (χ0n) is 24.6. The third-order valence-electron chi connectivity index (χ3n) is 7.71. The molecule has 4 rings (SSSR count). The van der Waals surface area contributed by atoms with Gasteiger partial charge >= 0.3 is 0 Å². The van der Waals surface area contributed by atoms with Crippen molar-refractivity contribution < 1.29 is 22.7 Å². The number of ether oxygens (including phenoxy) is 1. The molecular formula is C32H36Cl3N3O5S. The highest BCUT2D eigenvalue weighted by Crippen LogP contribution is 2.35. The van der Waals surface area contributed by atoms with E-state index in [0.717, 1.165) is 36.4 Å². The Labute approximate surface area is 274 Å². The molecule has 0 unspecified atom stereocenters. The Bertz CT molecular complexity index is 1570. The van der Waals surface area contributed by atoms with Crippen molar-refractivity contribution in [2.75, 3.05) is 18.0 Å². The predicted octanol–water partition coefficient (Wildman–Crippen LogP) is 7.11. The Balaban J connectivity index is 1.77. The van der Waals surface area contributed by atoms with Crippen molar-refractivity contribution in [2.24, 2.45) is 0 Å². The Morgan fingerprint density at radius 3 is 2.25 bits per heavy atom. The molecule has 0 spiro atoms. The minimum atomic E-state index is -4.29. The molecule has 1 aliphatic carbocycles. The Kier molecular flexibility index (Phi) is 11.8. The SMILES string of the molecule is CC[C@@H](C(=O)NC1CCCCC1)N(Cc1ccc(Cl)cc1Cl)C(=O)CN(c1cc(Cl)ccc1OC)S(=O)(=O)c1ccccc1. The van der Waals surface area contributed by atoms with E-state index in [9.17, 15) is 18.0 Å². The summed E-state index contributed by atoms with van der Waals surface area (Å²) in [6.45, 7) is 1.14. The first-order valence-corrected chi connectivity index (χ1v) is 17.1. The highest BCUT2D eigenvalue weighted by molar-refractivity contribution is 7.92. The van der Waals surface area contributed by atoms with Crippen molar-refractivity contribution in [3.05, 3.63) is 87.4 Å². The predicted molar refractivity (Wildman–Crippen MR) is 175 cm³/mol. The van der Waals surface area contributed by atoms with E-state index in [1.165, 1.54) is 36.3 Å². The van der Waals surface area contributed by atoms with E-state index in [0.29, 0.717) is 22.0 Å². The molecule has 0 radical (unpaired) electrons. The molecule has 1 saturated carbocycles. The monoisotopic (exact) mass is 679 g/mol. The van der Waals surface area contributed by atoms with Crippen LogP contribution >= 0.6 is 34.8 Å². The van der Waals surface area contributed by atoms with Gasteiger partial charge in [0, 0.05) is 27.7 Å². The molecule has 44 heavy (non-hydrogen) atoms. The Morgan fingerprint density at radius 2 is 1.61 bits per heavy atom. The van der Waals surface area contributed by atoms with E-state index in [4.69, 9.17) is 39.5 Å². The summed E-state index contributed by atoms with van der Waals surface area (Å²) in [6.07, 6.45) is 5.22. The number of nitrogens with one attached hydrogen (secondary N) is 1. The van der Waals surface area contributed by atoms with Gasteiger partial charge in [-0.15, -0.1) is 0 Å². The van der Waals surface area contributed by atoms with Gasteiger partial charge in [-0.2, -0.15) is 0 Å². The van der Waals surface area contributed by atoms with Gasteiger partial charge in [0.25, 0.3) is 10.0 Å². The molecule has 0 saturated heterocycles. The maximum absolute atomic E-state index is 14.4. The van der Waals surface area contributed by atoms with Gasteiger partial charge in [0.1, 0.15) is 18.3 Å². The van der Waals surface area contributed by atoms with Crippen LogP contribution in [0.25, 0.3) is 0 Å². The summed E-state index contributed by atoms with van der Waals surface area (Å²) in [4.78, 5) is 29.4. The van der Waals surface area contributed by atoms with E-state index in [1.807, 2.05) is 6.92 Å². The summed E-state index contributed by atoms with van der Waals surface area (Å²) in [6, 6.07) is 16.3. The number of carbonyl (C=O) groups is 2. The second-order valence-electron chi connectivity index (χ2n) is 10.7. The molecule has 2 amide bonds. The van der Waals surface area contributed by atoms with Gasteiger partial charge in [-0.25, -0.2) is 8.42 Å². The van der Waals surface area contributed by atoms with Crippen LogP contribution in [0.3, 0.4) is 0 Å². The fourth-order valence-electron chi connectivity index (χ4n) is 5.39. The van der Waals surface area contributed by atoms with Crippen LogP contribution in [-0.2, 0) is 26.2 Å². The first-order valence-electron chi connectivity index (χ1n) is 14.5. The number of anilines is 1. The molecule has 12 heteroatoms. The number of hydrogen-bond donors (Lipinski definition) is 1. The number of rotatable bonds is 12. The fraction of sp³-hybridized carbons (Fsp3) is 0.375. The second-order valence-corrected chi connectivity index (χ2v) is 13.8. The van der Waals surface area contributed by atoms with E-state index < -0.39 is 28.5 Å². The maximum Gasteiger partial charge on any atom is 0.264 e. The van der Waals surface area contributed by atoms with Crippen molar-refractivity contribution in [1.82, 2.24) is 10.2 Å². The zero-order chi connectivity index (χ0) is 31.9. The largest absolute Gasteiger partial charge is 0.495 e. The second kappa shape index (κ2) is 15.3. The van der Waals surface area contributed by atoms with E-state index in [1.54, 1.807) is 42.5 Å². The lowest BCUT2D eigenvalue weighted by Gasteiger charge is -2.35. The first kappa shape index (κ1) is 33.9. The van der Waals surface area contributed by atoms with Crippen molar-refractivity contribution in [2.45, 2.75) is 69.0 Å². The fourth-order valence-corrected chi connectivity index (χ4v) is 7.46. The molecule has 0 aromatic heterocycles. The van der Waals surface area contributed by atoms with Gasteiger partial charge in [0.2, 0.25) is 11.8 Å². The van der Waals surface area contributed by atoms with Crippen LogP contribution in [0.15, 0.2) is 71.6 Å². The van der Waals surface area contributed by atoms with Crippen LogP contribution in [-0.4, -0.2) is 50.9 Å². The van der Waals surface area contributed by atoms with Gasteiger partial charge in [0.05, 0.1) is 17.7 Å². The van der Waals surface area contributed by atoms with Gasteiger partial charge in [0.15, 0.2) is 0 Å². The van der Waals surface area contributed by atoms with Crippen molar-refractivity contribution in [3.63, 3.8) is 0 Å². The standard InChI is InChI=1S/C32H36Cl3N3O5S/c1-3-28(32(40)36-25-10-6-4-7-11-25)37(20-22-14-15-23(33)18-27(22)35)31(39)21-38(29-19-24(34)16-17-30(29)43-2)44(41,42)26-12-8-5-9-13-26/h5,8-9,12-19,25,28H,3-4,6-7,10-11,20-21H2,1-2H3,(H,36,40)/t28-/m0/s1. The van der Waals surface area contributed by atoms with Crippen LogP contribution in [0.5, 0.6) is 5.75 Å². The minimum absolute atomic E-state index is 0.0204. The highest BCUT2D eigenvalue weighted by atomic mass is 35.5. The number of methoxy groups -OCH3 is 1. The van der Waals surface area contributed by atoms with Gasteiger partial charge in [-0.3, -0.25) is 13.9 Å². The van der Waals surface area contributed by atoms with Crippen molar-refractivity contribution in [3.8, 4) is 5.75 Å². The van der Waals surface area contributed by atoms with Crippen LogP contribution < -0.4 is 14.4 Å². The molecule has 0 heterocycles. The number of nitrogens with zero attached hydrogens (tertiary/aromatic N) is 2. The average Bonchev–Trinajstić information content (AvgIpc) is 3.01. The molecule has 3 aromatic rings. The molecule has 1 N–H and O–H groups in total. The summed E-state index contributed by atoms with van der Waals surface area (Å²) in [7, 11) is -2.89. The van der Waals surface area contributed by atoms with Gasteiger partial charge < -0.3 is 15.0 Å². The molecule has 8 nitrogen and oxygen atoms in total. The molecule has 3 aromatic carbocycles. The molecule has 0 bridgehead atoms. The van der Waals surface area contributed by atoms with Crippen molar-refractivity contribution >= 4 is 62.3 Å². The molecule has 1 aliphatic rings. The maximum atomic E-state index is 14.4. The number of benzene rings is 3. The average molecular weight is 681 g/mol. The van der Waals surface area contributed by atoms with E-state index >= 15 is 0 Å². The summed E-state index contributed by atoms with van der Waals surface area (Å²) >= 11 is 18.9. The third-order valence-corrected chi connectivity index (χ3v) is 10.3. The van der Waals surface area contributed by atoms with Crippen molar-refractivity contribution in [1.29, 1.82) is 0 Å². The summed E-state index contributed by atoms with van der Waals surface area (Å²) in [5, 5.41) is 4.12. The lowest BCUT2D eigenvalue weighted by Crippen LogP contribution is -2.54. The lowest BCUT2D eigenvalue weighted by molar-refractivity contribution is -0.140. The van der Waals surface area contributed by atoms with Crippen LogP contribution in [0.2, 0.25) is 15.1 Å². The van der Waals surface area contributed by atoms with Crippen LogP contribution in [0, 0.1) is 0 Å². The smallest absolute Gasteiger partial charge is 0.264 e. The van der Waals surface area contributed by atoms with Gasteiger partial charge in [-0.05, 0) is 67.3 Å². The number of hydrogen-bond acceptors (Lipinski definition) is 5. The first-order chi connectivity index (χ1) is 21.0. The topological polar surface area (TPSA) is 96.0 Å².